The molecule has 0 saturated heterocycles. The first kappa shape index (κ1) is 13.8. The average Bonchev–Trinajstić information content (AvgIpc) is 2.13. The molecule has 0 atom stereocenters. The number of anilines is 1. The van der Waals surface area contributed by atoms with Crippen molar-refractivity contribution in [2.45, 2.75) is 39.7 Å². The Morgan fingerprint density at radius 3 is 2.53 bits per heavy atom. The molecule has 0 aliphatic heterocycles. The summed E-state index contributed by atoms with van der Waals surface area (Å²) < 4.78 is 5.16. The summed E-state index contributed by atoms with van der Waals surface area (Å²) in [4.78, 5) is 11.6. The Balaban J connectivity index is 2.74. The Bertz CT molecular complexity index is 410. The summed E-state index contributed by atoms with van der Waals surface area (Å²) in [5, 5.41) is 3.28. The summed E-state index contributed by atoms with van der Waals surface area (Å²) in [6, 6.07) is 5.46. The first-order valence-corrected chi connectivity index (χ1v) is 5.97. The molecule has 0 heterocycles. The van der Waals surface area contributed by atoms with Gasteiger partial charge < -0.3 is 4.74 Å². The summed E-state index contributed by atoms with van der Waals surface area (Å²) in [5.74, 6) is 0. The highest BCUT2D eigenvalue weighted by Gasteiger charge is 2.16. The van der Waals surface area contributed by atoms with E-state index in [1.54, 1.807) is 6.07 Å². The maximum Gasteiger partial charge on any atom is 0.412 e. The zero-order valence-corrected chi connectivity index (χ0v) is 11.4. The Hall–Kier alpha value is -1.22. The second-order valence-electron chi connectivity index (χ2n) is 4.83. The van der Waals surface area contributed by atoms with Crippen molar-refractivity contribution < 1.29 is 9.53 Å². The molecular weight excluding hydrogens is 238 g/mol. The first-order valence-electron chi connectivity index (χ1n) is 5.59. The molecule has 4 heteroatoms. The van der Waals surface area contributed by atoms with E-state index in [-0.39, 0.29) is 0 Å². The van der Waals surface area contributed by atoms with E-state index in [1.807, 2.05) is 39.8 Å². The van der Waals surface area contributed by atoms with Gasteiger partial charge in [-0.05, 0) is 51.0 Å². The third-order valence-electron chi connectivity index (χ3n) is 2.01. The lowest BCUT2D eigenvalue weighted by molar-refractivity contribution is 0.0636. The number of halogens is 1. The van der Waals surface area contributed by atoms with Crippen molar-refractivity contribution in [2.75, 3.05) is 5.32 Å². The minimum Gasteiger partial charge on any atom is -0.444 e. The molecule has 0 aliphatic rings. The van der Waals surface area contributed by atoms with Crippen molar-refractivity contribution in [3.8, 4) is 0 Å². The summed E-state index contributed by atoms with van der Waals surface area (Å²) in [6.45, 7) is 7.50. The van der Waals surface area contributed by atoms with Gasteiger partial charge in [0.1, 0.15) is 5.60 Å². The molecule has 1 amide bonds. The highest BCUT2D eigenvalue weighted by molar-refractivity contribution is 6.31. The fourth-order valence-electron chi connectivity index (χ4n) is 1.35. The number of aryl methyl sites for hydroxylation is 1. The zero-order chi connectivity index (χ0) is 13.1. The molecule has 17 heavy (non-hydrogen) atoms. The number of carbonyl (C=O) groups is 1. The van der Waals surface area contributed by atoms with E-state index in [0.717, 1.165) is 12.0 Å². The average molecular weight is 256 g/mol. The third kappa shape index (κ3) is 5.09. The van der Waals surface area contributed by atoms with Crippen LogP contribution in [-0.2, 0) is 11.2 Å². The maximum absolute atomic E-state index is 11.6. The number of hydrogen-bond acceptors (Lipinski definition) is 2. The lowest BCUT2D eigenvalue weighted by Gasteiger charge is -2.19. The van der Waals surface area contributed by atoms with Crippen LogP contribution in [0, 0.1) is 0 Å². The van der Waals surface area contributed by atoms with Crippen LogP contribution in [0.15, 0.2) is 18.2 Å². The molecule has 1 N–H and O–H groups in total. The fourth-order valence-corrected chi connectivity index (χ4v) is 1.61. The molecule has 0 aromatic heterocycles. The largest absolute Gasteiger partial charge is 0.444 e. The summed E-state index contributed by atoms with van der Waals surface area (Å²) >= 11 is 5.95. The number of hydrogen-bond donors (Lipinski definition) is 1. The molecule has 1 rings (SSSR count). The van der Waals surface area contributed by atoms with Crippen LogP contribution in [0.2, 0.25) is 5.02 Å². The number of benzene rings is 1. The van der Waals surface area contributed by atoms with Gasteiger partial charge in [-0.25, -0.2) is 4.79 Å². The highest BCUT2D eigenvalue weighted by Crippen LogP contribution is 2.20. The molecule has 1 aromatic carbocycles. The van der Waals surface area contributed by atoms with Gasteiger partial charge in [0.2, 0.25) is 0 Å². The molecule has 0 aliphatic carbocycles. The Kier molecular flexibility index (Phi) is 4.40. The summed E-state index contributed by atoms with van der Waals surface area (Å²) in [7, 11) is 0. The third-order valence-corrected chi connectivity index (χ3v) is 2.23. The molecule has 1 aromatic rings. The SMILES string of the molecule is CCc1cc(Cl)cc(NC(=O)OC(C)(C)C)c1. The van der Waals surface area contributed by atoms with Gasteiger partial charge in [-0.15, -0.1) is 0 Å². The van der Waals surface area contributed by atoms with E-state index in [4.69, 9.17) is 16.3 Å². The van der Waals surface area contributed by atoms with E-state index >= 15 is 0 Å². The molecule has 0 saturated carbocycles. The van der Waals surface area contributed by atoms with Gasteiger partial charge in [0.05, 0.1) is 0 Å². The van der Waals surface area contributed by atoms with Gasteiger partial charge in [-0.1, -0.05) is 18.5 Å². The van der Waals surface area contributed by atoms with E-state index in [1.165, 1.54) is 0 Å². The predicted molar refractivity (Wildman–Crippen MR) is 70.7 cm³/mol. The second kappa shape index (κ2) is 5.41. The molecule has 0 radical (unpaired) electrons. The van der Waals surface area contributed by atoms with E-state index in [2.05, 4.69) is 5.32 Å². The van der Waals surface area contributed by atoms with Crippen LogP contribution >= 0.6 is 11.6 Å². The lowest BCUT2D eigenvalue weighted by atomic mass is 10.1. The lowest BCUT2D eigenvalue weighted by Crippen LogP contribution is -2.27. The Morgan fingerprint density at radius 1 is 1.35 bits per heavy atom. The molecule has 94 valence electrons. The van der Waals surface area contributed by atoms with E-state index in [9.17, 15) is 4.79 Å². The molecule has 0 spiro atoms. The van der Waals surface area contributed by atoms with Crippen LogP contribution in [0.1, 0.15) is 33.3 Å². The standard InChI is InChI=1S/C13H18ClNO2/c1-5-9-6-10(14)8-11(7-9)15-12(16)17-13(2,3)4/h6-8H,5H2,1-4H3,(H,15,16). The smallest absolute Gasteiger partial charge is 0.412 e. The summed E-state index contributed by atoms with van der Waals surface area (Å²) in [5.41, 5.74) is 1.23. The minimum atomic E-state index is -0.504. The van der Waals surface area contributed by atoms with Crippen LogP contribution < -0.4 is 5.32 Å². The normalized spacial score (nSPS) is 11.1. The highest BCUT2D eigenvalue weighted by atomic mass is 35.5. The van der Waals surface area contributed by atoms with Crippen LogP contribution in [0.3, 0.4) is 0 Å². The van der Waals surface area contributed by atoms with Crippen LogP contribution in [0.4, 0.5) is 10.5 Å². The monoisotopic (exact) mass is 255 g/mol. The zero-order valence-electron chi connectivity index (χ0n) is 10.6. The fraction of sp³-hybridized carbons (Fsp3) is 0.462. The van der Waals surface area contributed by atoms with Gasteiger partial charge in [-0.2, -0.15) is 0 Å². The first-order chi connectivity index (χ1) is 7.80. The van der Waals surface area contributed by atoms with Crippen molar-refractivity contribution in [1.82, 2.24) is 0 Å². The van der Waals surface area contributed by atoms with Gasteiger partial charge >= 0.3 is 6.09 Å². The van der Waals surface area contributed by atoms with Crippen molar-refractivity contribution in [3.63, 3.8) is 0 Å². The van der Waals surface area contributed by atoms with Crippen LogP contribution in [-0.4, -0.2) is 11.7 Å². The van der Waals surface area contributed by atoms with Gasteiger partial charge in [0.25, 0.3) is 0 Å². The van der Waals surface area contributed by atoms with Gasteiger partial charge in [0.15, 0.2) is 0 Å². The molecule has 0 fully saturated rings. The number of ether oxygens (including phenoxy) is 1. The van der Waals surface area contributed by atoms with Crippen molar-refractivity contribution >= 4 is 23.4 Å². The molecular formula is C13H18ClNO2. The van der Waals surface area contributed by atoms with Crippen LogP contribution in [0.25, 0.3) is 0 Å². The summed E-state index contributed by atoms with van der Waals surface area (Å²) in [6.07, 6.45) is 0.394. The van der Waals surface area contributed by atoms with Crippen molar-refractivity contribution in [3.05, 3.63) is 28.8 Å². The number of nitrogens with one attached hydrogen (secondary N) is 1. The number of amides is 1. The maximum atomic E-state index is 11.6. The van der Waals surface area contributed by atoms with Gasteiger partial charge in [-0.3, -0.25) is 5.32 Å². The topological polar surface area (TPSA) is 38.3 Å². The van der Waals surface area contributed by atoms with Gasteiger partial charge in [0, 0.05) is 10.7 Å². The molecule has 0 unspecified atom stereocenters. The quantitative estimate of drug-likeness (QED) is 0.858. The minimum absolute atomic E-state index is 0.471. The molecule has 0 bridgehead atoms. The Morgan fingerprint density at radius 2 is 2.00 bits per heavy atom. The predicted octanol–water partition coefficient (Wildman–Crippen LogP) is 4.25. The van der Waals surface area contributed by atoms with E-state index < -0.39 is 11.7 Å². The number of carbonyl (C=O) groups excluding carboxylic acids is 1. The molecule has 3 nitrogen and oxygen atoms in total. The second-order valence-corrected chi connectivity index (χ2v) is 5.27. The van der Waals surface area contributed by atoms with Crippen molar-refractivity contribution in [1.29, 1.82) is 0 Å². The van der Waals surface area contributed by atoms with E-state index in [0.29, 0.717) is 10.7 Å². The number of rotatable bonds is 2. The van der Waals surface area contributed by atoms with Crippen molar-refractivity contribution in [2.24, 2.45) is 0 Å². The Labute approximate surface area is 107 Å². The van der Waals surface area contributed by atoms with Crippen LogP contribution in [0.5, 0.6) is 0 Å².